The summed E-state index contributed by atoms with van der Waals surface area (Å²) in [6, 6.07) is 5.39. The lowest BCUT2D eigenvalue weighted by Gasteiger charge is -2.31. The first kappa shape index (κ1) is 13.8. The average molecular weight is 295 g/mol. The molecule has 2 unspecified atom stereocenters. The van der Waals surface area contributed by atoms with Crippen molar-refractivity contribution in [3.63, 3.8) is 0 Å². The van der Waals surface area contributed by atoms with Gasteiger partial charge < -0.3 is 0 Å². The van der Waals surface area contributed by atoms with Gasteiger partial charge in [0.1, 0.15) is 0 Å². The fraction of sp³-hybridized carbons (Fsp3) is 0.600. The second-order valence-corrected chi connectivity index (χ2v) is 6.31. The Kier molecular flexibility index (Phi) is 3.94. The van der Waals surface area contributed by atoms with E-state index in [0.717, 1.165) is 24.6 Å². The van der Waals surface area contributed by atoms with Crippen LogP contribution in [0.1, 0.15) is 37.7 Å². The minimum Gasteiger partial charge on any atom is -0.296 e. The van der Waals surface area contributed by atoms with E-state index in [2.05, 4.69) is 4.90 Å². The highest BCUT2D eigenvalue weighted by Gasteiger charge is 2.35. The van der Waals surface area contributed by atoms with Crippen LogP contribution in [0.3, 0.4) is 0 Å². The number of likely N-dealkylation sites (tertiary alicyclic amines) is 1. The molecule has 0 bridgehead atoms. The standard InChI is InChI=1S/C15H19ClN2O2/c16-14-6-5-13(18(19)20)9-12(14)10-17-8-7-11-3-1-2-4-15(11)17/h5-6,9,11,15H,1-4,7-8,10H2. The van der Waals surface area contributed by atoms with E-state index in [-0.39, 0.29) is 10.6 Å². The van der Waals surface area contributed by atoms with Crippen LogP contribution in [0.15, 0.2) is 18.2 Å². The predicted molar refractivity (Wildman–Crippen MR) is 78.9 cm³/mol. The zero-order chi connectivity index (χ0) is 14.1. The van der Waals surface area contributed by atoms with E-state index in [9.17, 15) is 10.1 Å². The van der Waals surface area contributed by atoms with E-state index >= 15 is 0 Å². The molecule has 0 N–H and O–H groups in total. The summed E-state index contributed by atoms with van der Waals surface area (Å²) in [7, 11) is 0. The maximum atomic E-state index is 10.9. The number of nitro benzene ring substituents is 1. The summed E-state index contributed by atoms with van der Waals surface area (Å²) in [6.45, 7) is 1.83. The third-order valence-corrected chi connectivity index (χ3v) is 5.11. The highest BCUT2D eigenvalue weighted by molar-refractivity contribution is 6.31. The third-order valence-electron chi connectivity index (χ3n) is 4.74. The molecule has 3 rings (SSSR count). The summed E-state index contributed by atoms with van der Waals surface area (Å²) in [5.74, 6) is 0.821. The normalized spacial score (nSPS) is 26.4. The van der Waals surface area contributed by atoms with Crippen LogP contribution in [0.2, 0.25) is 5.02 Å². The zero-order valence-corrected chi connectivity index (χ0v) is 12.2. The molecule has 0 spiro atoms. The summed E-state index contributed by atoms with van der Waals surface area (Å²) in [5, 5.41) is 11.5. The summed E-state index contributed by atoms with van der Waals surface area (Å²) in [5.41, 5.74) is 1.01. The Morgan fingerprint density at radius 2 is 2.10 bits per heavy atom. The number of nitro groups is 1. The maximum Gasteiger partial charge on any atom is 0.269 e. The summed E-state index contributed by atoms with van der Waals surface area (Å²) >= 11 is 6.21. The van der Waals surface area contributed by atoms with Crippen molar-refractivity contribution >= 4 is 17.3 Å². The number of hydrogen-bond acceptors (Lipinski definition) is 3. The number of non-ortho nitro benzene ring substituents is 1. The van der Waals surface area contributed by atoms with Crippen molar-refractivity contribution in [2.24, 2.45) is 5.92 Å². The zero-order valence-electron chi connectivity index (χ0n) is 11.4. The Labute approximate surface area is 123 Å². The van der Waals surface area contributed by atoms with E-state index in [1.165, 1.54) is 38.2 Å². The van der Waals surface area contributed by atoms with Gasteiger partial charge in [-0.15, -0.1) is 0 Å². The van der Waals surface area contributed by atoms with Crippen molar-refractivity contribution in [2.45, 2.75) is 44.7 Å². The minimum atomic E-state index is -0.354. The number of fused-ring (bicyclic) bond motifs is 1. The van der Waals surface area contributed by atoms with Gasteiger partial charge in [0.25, 0.3) is 5.69 Å². The van der Waals surface area contributed by atoms with Crippen LogP contribution in [0.5, 0.6) is 0 Å². The first-order chi connectivity index (χ1) is 9.65. The quantitative estimate of drug-likeness (QED) is 0.625. The molecule has 1 aliphatic carbocycles. The van der Waals surface area contributed by atoms with E-state index in [4.69, 9.17) is 11.6 Å². The predicted octanol–water partition coefficient (Wildman–Crippen LogP) is 4.01. The molecule has 1 saturated carbocycles. The van der Waals surface area contributed by atoms with E-state index < -0.39 is 0 Å². The Balaban J connectivity index is 1.77. The van der Waals surface area contributed by atoms with Gasteiger partial charge in [-0.05, 0) is 43.4 Å². The second kappa shape index (κ2) is 5.70. The van der Waals surface area contributed by atoms with Crippen molar-refractivity contribution < 1.29 is 4.92 Å². The maximum absolute atomic E-state index is 10.9. The SMILES string of the molecule is O=[N+]([O-])c1ccc(Cl)c(CN2CCC3CCCCC32)c1. The summed E-state index contributed by atoms with van der Waals surface area (Å²) < 4.78 is 0. The van der Waals surface area contributed by atoms with E-state index in [1.54, 1.807) is 12.1 Å². The molecule has 1 saturated heterocycles. The average Bonchev–Trinajstić information content (AvgIpc) is 2.84. The Morgan fingerprint density at radius 1 is 1.30 bits per heavy atom. The number of nitrogens with zero attached hydrogens (tertiary/aromatic N) is 2. The van der Waals surface area contributed by atoms with Gasteiger partial charge >= 0.3 is 0 Å². The molecule has 0 aromatic heterocycles. The van der Waals surface area contributed by atoms with Crippen LogP contribution in [0, 0.1) is 16.0 Å². The van der Waals surface area contributed by atoms with Crippen LogP contribution in [0.25, 0.3) is 0 Å². The van der Waals surface area contributed by atoms with E-state index in [1.807, 2.05) is 0 Å². The van der Waals surface area contributed by atoms with Crippen LogP contribution in [0.4, 0.5) is 5.69 Å². The first-order valence-corrected chi connectivity index (χ1v) is 7.70. The van der Waals surface area contributed by atoms with E-state index in [0.29, 0.717) is 11.1 Å². The molecule has 1 heterocycles. The molecule has 0 radical (unpaired) electrons. The fourth-order valence-corrected chi connectivity index (χ4v) is 3.89. The molecule has 1 aromatic carbocycles. The van der Waals surface area contributed by atoms with Gasteiger partial charge in [0.05, 0.1) is 4.92 Å². The van der Waals surface area contributed by atoms with Gasteiger partial charge in [0, 0.05) is 29.7 Å². The molecular formula is C15H19ClN2O2. The lowest BCUT2D eigenvalue weighted by Crippen LogP contribution is -2.34. The molecule has 20 heavy (non-hydrogen) atoms. The molecule has 2 atom stereocenters. The van der Waals surface area contributed by atoms with Crippen LogP contribution < -0.4 is 0 Å². The van der Waals surface area contributed by atoms with Crippen molar-refractivity contribution in [1.82, 2.24) is 4.90 Å². The van der Waals surface area contributed by atoms with Crippen molar-refractivity contribution in [3.05, 3.63) is 38.9 Å². The Morgan fingerprint density at radius 3 is 2.90 bits per heavy atom. The largest absolute Gasteiger partial charge is 0.296 e. The van der Waals surface area contributed by atoms with Gasteiger partial charge in [-0.1, -0.05) is 24.4 Å². The molecule has 0 amide bonds. The molecule has 2 aliphatic rings. The Bertz CT molecular complexity index is 521. The topological polar surface area (TPSA) is 46.4 Å². The molecular weight excluding hydrogens is 276 g/mol. The van der Waals surface area contributed by atoms with Gasteiger partial charge in [-0.2, -0.15) is 0 Å². The lowest BCUT2D eigenvalue weighted by atomic mass is 9.85. The second-order valence-electron chi connectivity index (χ2n) is 5.90. The number of benzene rings is 1. The van der Waals surface area contributed by atoms with Gasteiger partial charge in [0.15, 0.2) is 0 Å². The van der Waals surface area contributed by atoms with Gasteiger partial charge in [-0.25, -0.2) is 0 Å². The molecule has 2 fully saturated rings. The summed E-state index contributed by atoms with van der Waals surface area (Å²) in [6.07, 6.45) is 6.52. The highest BCUT2D eigenvalue weighted by atomic mass is 35.5. The lowest BCUT2D eigenvalue weighted by molar-refractivity contribution is -0.384. The fourth-order valence-electron chi connectivity index (χ4n) is 3.71. The molecule has 4 nitrogen and oxygen atoms in total. The number of halogens is 1. The number of hydrogen-bond donors (Lipinski definition) is 0. The van der Waals surface area contributed by atoms with Crippen molar-refractivity contribution in [1.29, 1.82) is 0 Å². The molecule has 1 aliphatic heterocycles. The van der Waals surface area contributed by atoms with Crippen molar-refractivity contribution in [2.75, 3.05) is 6.54 Å². The van der Waals surface area contributed by atoms with Crippen LogP contribution in [-0.4, -0.2) is 22.4 Å². The highest BCUT2D eigenvalue weighted by Crippen LogP contribution is 2.37. The molecule has 5 heteroatoms. The van der Waals surface area contributed by atoms with Crippen LogP contribution >= 0.6 is 11.6 Å². The summed E-state index contributed by atoms with van der Waals surface area (Å²) in [4.78, 5) is 13.0. The van der Waals surface area contributed by atoms with Crippen molar-refractivity contribution in [3.8, 4) is 0 Å². The smallest absolute Gasteiger partial charge is 0.269 e. The van der Waals surface area contributed by atoms with Gasteiger partial charge in [-0.3, -0.25) is 15.0 Å². The van der Waals surface area contributed by atoms with Crippen LogP contribution in [-0.2, 0) is 6.54 Å². The minimum absolute atomic E-state index is 0.129. The third kappa shape index (κ3) is 2.67. The first-order valence-electron chi connectivity index (χ1n) is 7.32. The monoisotopic (exact) mass is 294 g/mol. The number of rotatable bonds is 3. The van der Waals surface area contributed by atoms with Gasteiger partial charge in [0.2, 0.25) is 0 Å². The molecule has 1 aromatic rings. The molecule has 108 valence electrons. The Hall–Kier alpha value is -1.13.